The van der Waals surface area contributed by atoms with E-state index in [2.05, 4.69) is 0 Å². The van der Waals surface area contributed by atoms with Crippen LogP contribution in [0.3, 0.4) is 0 Å². The van der Waals surface area contributed by atoms with E-state index < -0.39 is 0 Å². The fraction of sp³-hybridized carbons (Fsp3) is 0.400. The second-order valence-electron chi connectivity index (χ2n) is 3.02. The SMILES string of the molecule is COCc1cc(C)cc(CO)c1O. The molecule has 0 amide bonds. The van der Waals surface area contributed by atoms with E-state index in [1.165, 1.54) is 0 Å². The van der Waals surface area contributed by atoms with Crippen molar-refractivity contribution in [3.05, 3.63) is 28.8 Å². The Morgan fingerprint density at radius 1 is 1.31 bits per heavy atom. The minimum absolute atomic E-state index is 0.134. The molecule has 72 valence electrons. The van der Waals surface area contributed by atoms with Crippen molar-refractivity contribution >= 4 is 0 Å². The van der Waals surface area contributed by atoms with Crippen molar-refractivity contribution in [2.45, 2.75) is 20.1 Å². The predicted molar refractivity (Wildman–Crippen MR) is 49.5 cm³/mol. The molecule has 0 aliphatic carbocycles. The van der Waals surface area contributed by atoms with Gasteiger partial charge in [-0.3, -0.25) is 0 Å². The van der Waals surface area contributed by atoms with Crippen LogP contribution in [0.1, 0.15) is 16.7 Å². The topological polar surface area (TPSA) is 49.7 Å². The number of ether oxygens (including phenoxy) is 1. The number of hydrogen-bond donors (Lipinski definition) is 2. The molecule has 0 aliphatic heterocycles. The summed E-state index contributed by atoms with van der Waals surface area (Å²) in [5.74, 6) is 0.134. The largest absolute Gasteiger partial charge is 0.507 e. The lowest BCUT2D eigenvalue weighted by Crippen LogP contribution is -1.94. The molecule has 0 saturated heterocycles. The molecule has 0 aliphatic rings. The minimum Gasteiger partial charge on any atom is -0.507 e. The number of benzene rings is 1. The molecule has 0 atom stereocenters. The maximum atomic E-state index is 9.60. The van der Waals surface area contributed by atoms with E-state index in [1.807, 2.05) is 13.0 Å². The zero-order valence-corrected chi connectivity index (χ0v) is 7.87. The third kappa shape index (κ3) is 2.20. The van der Waals surface area contributed by atoms with Crippen LogP contribution in [0, 0.1) is 6.92 Å². The van der Waals surface area contributed by atoms with E-state index in [4.69, 9.17) is 9.84 Å². The number of aliphatic hydroxyl groups excluding tert-OH is 1. The zero-order chi connectivity index (χ0) is 9.84. The van der Waals surface area contributed by atoms with Crippen molar-refractivity contribution in [2.24, 2.45) is 0 Å². The van der Waals surface area contributed by atoms with Crippen LogP contribution in [0.4, 0.5) is 0 Å². The van der Waals surface area contributed by atoms with Crippen molar-refractivity contribution < 1.29 is 14.9 Å². The first-order valence-corrected chi connectivity index (χ1v) is 4.10. The van der Waals surface area contributed by atoms with Gasteiger partial charge in [0.1, 0.15) is 5.75 Å². The molecule has 0 fully saturated rings. The molecular weight excluding hydrogens is 168 g/mol. The molecule has 1 aromatic carbocycles. The number of aromatic hydroxyl groups is 1. The summed E-state index contributed by atoms with van der Waals surface area (Å²) in [7, 11) is 1.57. The molecule has 1 aromatic rings. The third-order valence-electron chi connectivity index (χ3n) is 1.88. The average molecular weight is 182 g/mol. The summed E-state index contributed by atoms with van der Waals surface area (Å²) in [5, 5.41) is 18.5. The third-order valence-corrected chi connectivity index (χ3v) is 1.88. The lowest BCUT2D eigenvalue weighted by molar-refractivity contribution is 0.181. The molecule has 3 nitrogen and oxygen atoms in total. The van der Waals surface area contributed by atoms with Gasteiger partial charge in [0.05, 0.1) is 13.2 Å². The van der Waals surface area contributed by atoms with Gasteiger partial charge >= 0.3 is 0 Å². The maximum Gasteiger partial charge on any atom is 0.126 e. The Labute approximate surface area is 77.6 Å². The van der Waals surface area contributed by atoms with E-state index in [9.17, 15) is 5.11 Å². The first-order chi connectivity index (χ1) is 6.19. The summed E-state index contributed by atoms with van der Waals surface area (Å²) in [4.78, 5) is 0. The summed E-state index contributed by atoms with van der Waals surface area (Å²) >= 11 is 0. The number of aliphatic hydroxyl groups is 1. The fourth-order valence-electron chi connectivity index (χ4n) is 1.32. The maximum absolute atomic E-state index is 9.60. The Balaban J connectivity index is 3.11. The van der Waals surface area contributed by atoms with Crippen molar-refractivity contribution in [2.75, 3.05) is 7.11 Å². The smallest absolute Gasteiger partial charge is 0.126 e. The molecule has 13 heavy (non-hydrogen) atoms. The molecule has 0 aromatic heterocycles. The number of aryl methyl sites for hydroxylation is 1. The summed E-state index contributed by atoms with van der Waals surface area (Å²) in [6.07, 6.45) is 0. The molecule has 0 spiro atoms. The Bertz CT molecular complexity index is 294. The standard InChI is InChI=1S/C10H14O3/c1-7-3-8(5-11)10(12)9(4-7)6-13-2/h3-4,11-12H,5-6H2,1-2H3. The van der Waals surface area contributed by atoms with E-state index in [-0.39, 0.29) is 12.4 Å². The fourth-order valence-corrected chi connectivity index (χ4v) is 1.32. The van der Waals surface area contributed by atoms with E-state index in [0.29, 0.717) is 17.7 Å². The normalized spacial score (nSPS) is 10.4. The molecule has 0 unspecified atom stereocenters. The summed E-state index contributed by atoms with van der Waals surface area (Å²) in [6.45, 7) is 2.13. The van der Waals surface area contributed by atoms with Crippen LogP contribution in [0.5, 0.6) is 5.75 Å². The Morgan fingerprint density at radius 3 is 2.46 bits per heavy atom. The lowest BCUT2D eigenvalue weighted by atomic mass is 10.1. The first kappa shape index (κ1) is 10.0. The van der Waals surface area contributed by atoms with E-state index >= 15 is 0 Å². The van der Waals surface area contributed by atoms with Gasteiger partial charge in [-0.05, 0) is 6.92 Å². The molecule has 2 N–H and O–H groups in total. The number of methoxy groups -OCH3 is 1. The van der Waals surface area contributed by atoms with Gasteiger partial charge in [0.25, 0.3) is 0 Å². The molecule has 0 saturated carbocycles. The van der Waals surface area contributed by atoms with Crippen molar-refractivity contribution in [3.63, 3.8) is 0 Å². The number of phenols is 1. The van der Waals surface area contributed by atoms with Gasteiger partial charge in [0, 0.05) is 18.2 Å². The monoisotopic (exact) mass is 182 g/mol. The zero-order valence-electron chi connectivity index (χ0n) is 7.87. The summed E-state index contributed by atoms with van der Waals surface area (Å²) < 4.78 is 4.92. The Kier molecular flexibility index (Phi) is 3.28. The van der Waals surface area contributed by atoms with Gasteiger partial charge < -0.3 is 14.9 Å². The van der Waals surface area contributed by atoms with Gasteiger partial charge in [0.2, 0.25) is 0 Å². The van der Waals surface area contributed by atoms with Gasteiger partial charge in [-0.2, -0.15) is 0 Å². The van der Waals surface area contributed by atoms with E-state index in [1.54, 1.807) is 13.2 Å². The van der Waals surface area contributed by atoms with Gasteiger partial charge in [0.15, 0.2) is 0 Å². The highest BCUT2D eigenvalue weighted by molar-refractivity contribution is 5.42. The van der Waals surface area contributed by atoms with Gasteiger partial charge in [-0.1, -0.05) is 17.7 Å². The van der Waals surface area contributed by atoms with Crippen LogP contribution in [0.25, 0.3) is 0 Å². The summed E-state index contributed by atoms with van der Waals surface area (Å²) in [5.41, 5.74) is 2.27. The molecular formula is C10H14O3. The van der Waals surface area contributed by atoms with Crippen molar-refractivity contribution in [1.29, 1.82) is 0 Å². The quantitative estimate of drug-likeness (QED) is 0.741. The molecule has 1 rings (SSSR count). The van der Waals surface area contributed by atoms with Crippen LogP contribution < -0.4 is 0 Å². The first-order valence-electron chi connectivity index (χ1n) is 4.10. The van der Waals surface area contributed by atoms with Crippen molar-refractivity contribution in [1.82, 2.24) is 0 Å². The second kappa shape index (κ2) is 4.25. The summed E-state index contributed by atoms with van der Waals surface area (Å²) in [6, 6.07) is 3.60. The second-order valence-corrected chi connectivity index (χ2v) is 3.02. The van der Waals surface area contributed by atoms with Crippen LogP contribution in [0.2, 0.25) is 0 Å². The Morgan fingerprint density at radius 2 is 1.92 bits per heavy atom. The highest BCUT2D eigenvalue weighted by atomic mass is 16.5. The highest BCUT2D eigenvalue weighted by Gasteiger charge is 2.07. The van der Waals surface area contributed by atoms with Crippen LogP contribution >= 0.6 is 0 Å². The number of hydrogen-bond acceptors (Lipinski definition) is 3. The molecule has 0 heterocycles. The molecule has 0 radical (unpaired) electrons. The lowest BCUT2D eigenvalue weighted by Gasteiger charge is -2.08. The molecule has 0 bridgehead atoms. The highest BCUT2D eigenvalue weighted by Crippen LogP contribution is 2.24. The van der Waals surface area contributed by atoms with Crippen LogP contribution in [0.15, 0.2) is 12.1 Å². The average Bonchev–Trinajstić information content (AvgIpc) is 2.11. The van der Waals surface area contributed by atoms with Crippen LogP contribution in [-0.4, -0.2) is 17.3 Å². The molecule has 3 heteroatoms. The minimum atomic E-state index is -0.149. The Hall–Kier alpha value is -1.06. The van der Waals surface area contributed by atoms with Crippen LogP contribution in [-0.2, 0) is 18.0 Å². The van der Waals surface area contributed by atoms with Gasteiger partial charge in [-0.15, -0.1) is 0 Å². The van der Waals surface area contributed by atoms with Gasteiger partial charge in [-0.25, -0.2) is 0 Å². The predicted octanol–water partition coefficient (Wildman–Crippen LogP) is 1.34. The number of rotatable bonds is 3. The van der Waals surface area contributed by atoms with Crippen molar-refractivity contribution in [3.8, 4) is 5.75 Å². The van der Waals surface area contributed by atoms with E-state index in [0.717, 1.165) is 5.56 Å².